The van der Waals surface area contributed by atoms with Crippen LogP contribution in [0.15, 0.2) is 59.0 Å². The first-order valence-corrected chi connectivity index (χ1v) is 8.58. The molecule has 1 aliphatic heterocycles. The maximum atomic E-state index is 13.7. The zero-order valence-corrected chi connectivity index (χ0v) is 14.8. The first-order valence-electron chi connectivity index (χ1n) is 8.05. The molecule has 1 aliphatic rings. The summed E-state index contributed by atoms with van der Waals surface area (Å²) in [5.41, 5.74) is 2.62. The van der Waals surface area contributed by atoms with Crippen LogP contribution in [-0.4, -0.2) is 27.8 Å². The van der Waals surface area contributed by atoms with Crippen molar-refractivity contribution in [2.24, 2.45) is 4.99 Å². The molecule has 1 unspecified atom stereocenters. The predicted molar refractivity (Wildman–Crippen MR) is 97.8 cm³/mol. The largest absolute Gasteiger partial charge is 0.478 e. The number of hydrogen-bond donors (Lipinski definition) is 2. The van der Waals surface area contributed by atoms with Crippen molar-refractivity contribution < 1.29 is 14.3 Å². The van der Waals surface area contributed by atoms with Gasteiger partial charge in [-0.1, -0.05) is 6.07 Å². The molecule has 0 saturated carbocycles. The molecule has 2 aromatic rings. The van der Waals surface area contributed by atoms with Crippen molar-refractivity contribution in [3.05, 3.63) is 76.5 Å². The van der Waals surface area contributed by atoms with Crippen LogP contribution in [0.4, 0.5) is 4.39 Å². The molecular weight excluding hydrogens is 357 g/mol. The van der Waals surface area contributed by atoms with Crippen molar-refractivity contribution in [1.29, 1.82) is 0 Å². The number of rotatable bonds is 5. The number of nitrogens with zero attached hydrogens (tertiary/aromatic N) is 2. The van der Waals surface area contributed by atoms with Crippen molar-refractivity contribution in [3.8, 4) is 0 Å². The van der Waals surface area contributed by atoms with Crippen LogP contribution in [0.5, 0.6) is 0 Å². The van der Waals surface area contributed by atoms with Crippen molar-refractivity contribution in [1.82, 2.24) is 10.3 Å². The van der Waals surface area contributed by atoms with E-state index in [4.69, 9.17) is 11.6 Å². The molecule has 0 spiro atoms. The van der Waals surface area contributed by atoms with Gasteiger partial charge in [-0.25, -0.2) is 9.18 Å². The number of carboxylic acids is 1. The zero-order valence-electron chi connectivity index (χ0n) is 14.0. The number of allylic oxidation sites excluding steroid dienone is 1. The normalized spacial score (nSPS) is 16.9. The van der Waals surface area contributed by atoms with E-state index in [0.717, 1.165) is 5.56 Å². The van der Waals surface area contributed by atoms with Crippen LogP contribution in [0.3, 0.4) is 0 Å². The Morgan fingerprint density at radius 3 is 2.85 bits per heavy atom. The second-order valence-corrected chi connectivity index (χ2v) is 6.25. The molecule has 0 amide bonds. The Kier molecular flexibility index (Phi) is 5.32. The van der Waals surface area contributed by atoms with Crippen molar-refractivity contribution in [2.45, 2.75) is 19.4 Å². The fourth-order valence-corrected chi connectivity index (χ4v) is 3.19. The van der Waals surface area contributed by atoms with Gasteiger partial charge in [0.05, 0.1) is 5.57 Å². The number of aromatic nitrogens is 1. The SMILES string of the molecule is CC1=C(C(=O)O)C(c2ccc(F)cc2CCCl)N=C(c2cccnc2)N1. The number of benzene rings is 1. The third-order valence-corrected chi connectivity index (χ3v) is 4.36. The van der Waals surface area contributed by atoms with Gasteiger partial charge in [0, 0.05) is 29.5 Å². The van der Waals surface area contributed by atoms with Crippen LogP contribution in [0.2, 0.25) is 0 Å². The molecule has 134 valence electrons. The van der Waals surface area contributed by atoms with Gasteiger partial charge in [-0.15, -0.1) is 11.6 Å². The number of alkyl halides is 1. The number of carboxylic acid groups (broad SMARTS) is 1. The number of amidine groups is 1. The summed E-state index contributed by atoms with van der Waals surface area (Å²) in [6.07, 6.45) is 3.71. The van der Waals surface area contributed by atoms with E-state index < -0.39 is 17.8 Å². The summed E-state index contributed by atoms with van der Waals surface area (Å²) in [4.78, 5) is 20.5. The van der Waals surface area contributed by atoms with Gasteiger partial charge >= 0.3 is 5.97 Å². The van der Waals surface area contributed by atoms with Crippen molar-refractivity contribution >= 4 is 23.4 Å². The molecule has 1 atom stereocenters. The molecule has 1 aromatic heterocycles. The molecule has 2 heterocycles. The predicted octanol–water partition coefficient (Wildman–Crippen LogP) is 3.45. The van der Waals surface area contributed by atoms with Crippen molar-refractivity contribution in [3.63, 3.8) is 0 Å². The number of halogens is 2. The van der Waals surface area contributed by atoms with Crippen LogP contribution >= 0.6 is 11.6 Å². The van der Waals surface area contributed by atoms with Crippen LogP contribution in [0.25, 0.3) is 0 Å². The highest BCUT2D eigenvalue weighted by molar-refractivity contribution is 6.18. The first kappa shape index (κ1) is 18.1. The molecule has 26 heavy (non-hydrogen) atoms. The fraction of sp³-hybridized carbons (Fsp3) is 0.211. The maximum absolute atomic E-state index is 13.7. The van der Waals surface area contributed by atoms with E-state index in [1.165, 1.54) is 12.1 Å². The number of aliphatic imine (C=N–C) groups is 1. The molecule has 0 radical (unpaired) electrons. The molecule has 3 rings (SSSR count). The number of carbonyl (C=O) groups is 1. The summed E-state index contributed by atoms with van der Waals surface area (Å²) >= 11 is 5.84. The van der Waals surface area contributed by atoms with Gasteiger partial charge in [-0.05, 0) is 48.7 Å². The Morgan fingerprint density at radius 2 is 2.19 bits per heavy atom. The second kappa shape index (κ2) is 7.66. The van der Waals surface area contributed by atoms with Gasteiger partial charge in [0.1, 0.15) is 17.7 Å². The summed E-state index contributed by atoms with van der Waals surface area (Å²) in [5, 5.41) is 12.7. The summed E-state index contributed by atoms with van der Waals surface area (Å²) in [6, 6.07) is 7.11. The van der Waals surface area contributed by atoms with Gasteiger partial charge in [-0.3, -0.25) is 9.98 Å². The Balaban J connectivity index is 2.15. The second-order valence-electron chi connectivity index (χ2n) is 5.87. The third kappa shape index (κ3) is 3.60. The van der Waals surface area contributed by atoms with E-state index >= 15 is 0 Å². The summed E-state index contributed by atoms with van der Waals surface area (Å²) in [7, 11) is 0. The molecule has 5 nitrogen and oxygen atoms in total. The summed E-state index contributed by atoms with van der Waals surface area (Å²) < 4.78 is 13.7. The molecule has 1 aromatic carbocycles. The summed E-state index contributed by atoms with van der Waals surface area (Å²) in [5.74, 6) is -0.648. The zero-order chi connectivity index (χ0) is 18.7. The molecule has 0 saturated heterocycles. The van der Waals surface area contributed by atoms with Crippen LogP contribution < -0.4 is 5.32 Å². The van der Waals surface area contributed by atoms with Gasteiger partial charge in [0.15, 0.2) is 0 Å². The molecule has 2 N–H and O–H groups in total. The van der Waals surface area contributed by atoms with E-state index in [1.807, 2.05) is 6.07 Å². The highest BCUT2D eigenvalue weighted by atomic mass is 35.5. The van der Waals surface area contributed by atoms with Gasteiger partial charge < -0.3 is 10.4 Å². The molecule has 0 aliphatic carbocycles. The highest BCUT2D eigenvalue weighted by Crippen LogP contribution is 2.34. The standard InChI is InChI=1S/C19H17ClFN3O2/c1-11-16(19(25)26)17(15-5-4-14(21)9-12(15)6-7-20)24-18(23-11)13-3-2-8-22-10-13/h2-5,8-10,17H,6-7H2,1H3,(H,23,24)(H,25,26). The Hall–Kier alpha value is -2.73. The van der Waals surface area contributed by atoms with Gasteiger partial charge in [-0.2, -0.15) is 0 Å². The molecular formula is C19H17ClFN3O2. The van der Waals surface area contributed by atoms with E-state index in [1.54, 1.807) is 31.5 Å². The molecule has 0 bridgehead atoms. The van der Waals surface area contributed by atoms with E-state index in [9.17, 15) is 14.3 Å². The average Bonchev–Trinajstić information content (AvgIpc) is 2.62. The number of pyridine rings is 1. The highest BCUT2D eigenvalue weighted by Gasteiger charge is 2.31. The number of hydrogen-bond acceptors (Lipinski definition) is 4. The monoisotopic (exact) mass is 373 g/mol. The lowest BCUT2D eigenvalue weighted by atomic mass is 9.91. The third-order valence-electron chi connectivity index (χ3n) is 4.17. The van der Waals surface area contributed by atoms with E-state index in [2.05, 4.69) is 15.3 Å². The van der Waals surface area contributed by atoms with Crippen LogP contribution in [-0.2, 0) is 11.2 Å². The Morgan fingerprint density at radius 1 is 1.38 bits per heavy atom. The average molecular weight is 374 g/mol. The van der Waals surface area contributed by atoms with E-state index in [-0.39, 0.29) is 5.57 Å². The number of nitrogens with one attached hydrogen (secondary N) is 1. The molecule has 0 fully saturated rings. The lowest BCUT2D eigenvalue weighted by Crippen LogP contribution is -2.32. The Bertz CT molecular complexity index is 897. The first-order chi connectivity index (χ1) is 12.5. The lowest BCUT2D eigenvalue weighted by Gasteiger charge is -2.26. The minimum Gasteiger partial charge on any atom is -0.478 e. The quantitative estimate of drug-likeness (QED) is 0.787. The lowest BCUT2D eigenvalue weighted by molar-refractivity contribution is -0.133. The summed E-state index contributed by atoms with van der Waals surface area (Å²) in [6.45, 7) is 1.69. The Labute approximate surface area is 155 Å². The van der Waals surface area contributed by atoms with Crippen LogP contribution in [0.1, 0.15) is 29.7 Å². The maximum Gasteiger partial charge on any atom is 0.335 e. The number of aliphatic carboxylic acids is 1. The van der Waals surface area contributed by atoms with E-state index in [0.29, 0.717) is 35.0 Å². The van der Waals surface area contributed by atoms with Gasteiger partial charge in [0.2, 0.25) is 0 Å². The van der Waals surface area contributed by atoms with Crippen molar-refractivity contribution in [2.75, 3.05) is 5.88 Å². The molecule has 7 heteroatoms. The minimum absolute atomic E-state index is 0.125. The number of aryl methyl sites for hydroxylation is 1. The van der Waals surface area contributed by atoms with Crippen LogP contribution in [0, 0.1) is 5.82 Å². The topological polar surface area (TPSA) is 74.6 Å². The fourth-order valence-electron chi connectivity index (χ4n) is 2.99. The minimum atomic E-state index is -1.07. The smallest absolute Gasteiger partial charge is 0.335 e. The van der Waals surface area contributed by atoms with Gasteiger partial charge in [0.25, 0.3) is 0 Å².